The number of aromatic nitrogens is 4. The molecule has 0 aliphatic carbocycles. The molecular weight excluding hydrogens is 340 g/mol. The first-order valence-electron chi connectivity index (χ1n) is 8.64. The molecular formula is C17H25ClN6O. The highest BCUT2D eigenvalue weighted by molar-refractivity contribution is 6.34. The first-order chi connectivity index (χ1) is 11.9. The van der Waals surface area contributed by atoms with Crippen molar-refractivity contribution in [2.75, 3.05) is 26.2 Å². The lowest BCUT2D eigenvalue weighted by molar-refractivity contribution is 0.0622. The van der Waals surface area contributed by atoms with E-state index >= 15 is 0 Å². The fourth-order valence-corrected chi connectivity index (χ4v) is 3.34. The molecule has 1 saturated heterocycles. The van der Waals surface area contributed by atoms with Crippen molar-refractivity contribution in [3.8, 4) is 0 Å². The number of hydrogen-bond donors (Lipinski definition) is 0. The third-order valence-corrected chi connectivity index (χ3v) is 5.34. The van der Waals surface area contributed by atoms with E-state index in [1.165, 1.54) is 5.56 Å². The number of nitrogens with zero attached hydrogens (tertiary/aromatic N) is 6. The minimum atomic E-state index is -0.0802. The van der Waals surface area contributed by atoms with Crippen LogP contribution in [-0.4, -0.2) is 61.4 Å². The summed E-state index contributed by atoms with van der Waals surface area (Å²) in [6.45, 7) is 10.8. The summed E-state index contributed by atoms with van der Waals surface area (Å²) >= 11 is 6.25. The summed E-state index contributed by atoms with van der Waals surface area (Å²) in [7, 11) is 1.80. The zero-order valence-electron chi connectivity index (χ0n) is 15.3. The largest absolute Gasteiger partial charge is 0.335 e. The van der Waals surface area contributed by atoms with Gasteiger partial charge in [-0.3, -0.25) is 19.1 Å². The van der Waals surface area contributed by atoms with E-state index in [4.69, 9.17) is 11.6 Å². The molecule has 136 valence electrons. The van der Waals surface area contributed by atoms with E-state index in [1.807, 2.05) is 23.4 Å². The summed E-state index contributed by atoms with van der Waals surface area (Å²) in [6, 6.07) is 0. The number of carbonyl (C=O) groups excluding carboxylic acids is 1. The van der Waals surface area contributed by atoms with Gasteiger partial charge in [0.25, 0.3) is 5.91 Å². The highest BCUT2D eigenvalue weighted by Crippen LogP contribution is 2.21. The van der Waals surface area contributed by atoms with Crippen LogP contribution in [0.15, 0.2) is 6.20 Å². The Balaban J connectivity index is 1.60. The van der Waals surface area contributed by atoms with Gasteiger partial charge >= 0.3 is 0 Å². The average Bonchev–Trinajstić information content (AvgIpc) is 3.09. The predicted molar refractivity (Wildman–Crippen MR) is 96.8 cm³/mol. The van der Waals surface area contributed by atoms with Crippen LogP contribution in [0.25, 0.3) is 0 Å². The second-order valence-corrected chi connectivity index (χ2v) is 6.91. The topological polar surface area (TPSA) is 59.2 Å². The molecule has 0 N–H and O–H groups in total. The van der Waals surface area contributed by atoms with Gasteiger partial charge in [0.1, 0.15) is 0 Å². The first kappa shape index (κ1) is 17.9. The number of piperazine rings is 1. The van der Waals surface area contributed by atoms with E-state index in [9.17, 15) is 4.79 Å². The van der Waals surface area contributed by atoms with Gasteiger partial charge in [-0.05, 0) is 20.8 Å². The molecule has 0 radical (unpaired) electrons. The summed E-state index contributed by atoms with van der Waals surface area (Å²) < 4.78 is 3.62. The lowest BCUT2D eigenvalue weighted by Crippen LogP contribution is -2.48. The van der Waals surface area contributed by atoms with E-state index in [-0.39, 0.29) is 5.91 Å². The molecule has 1 amide bonds. The summed E-state index contributed by atoms with van der Waals surface area (Å²) in [5.74, 6) is -0.0802. The van der Waals surface area contributed by atoms with Gasteiger partial charge in [0.2, 0.25) is 0 Å². The maximum Gasteiger partial charge on any atom is 0.276 e. The molecule has 1 fully saturated rings. The van der Waals surface area contributed by atoms with E-state index in [2.05, 4.69) is 28.2 Å². The number of amides is 1. The van der Waals surface area contributed by atoms with E-state index in [0.717, 1.165) is 37.6 Å². The van der Waals surface area contributed by atoms with E-state index < -0.39 is 0 Å². The molecule has 1 aliphatic rings. The standard InChI is InChI=1S/C17H25ClN6O/c1-5-24-11-14(12(2)19-24)10-22-6-8-23(9-7-22)17(25)16-15(18)13(3)21(4)20-16/h11H,5-10H2,1-4H3. The Labute approximate surface area is 153 Å². The number of aryl methyl sites for hydroxylation is 3. The molecule has 0 atom stereocenters. The van der Waals surface area contributed by atoms with Crippen LogP contribution in [0.3, 0.4) is 0 Å². The fourth-order valence-electron chi connectivity index (χ4n) is 3.10. The van der Waals surface area contributed by atoms with Crippen LogP contribution in [0.5, 0.6) is 0 Å². The smallest absolute Gasteiger partial charge is 0.276 e. The van der Waals surface area contributed by atoms with Crippen LogP contribution in [0.2, 0.25) is 5.02 Å². The van der Waals surface area contributed by atoms with Crippen LogP contribution >= 0.6 is 11.6 Å². The third-order valence-electron chi connectivity index (χ3n) is 4.89. The van der Waals surface area contributed by atoms with Gasteiger partial charge in [0, 0.05) is 58.1 Å². The van der Waals surface area contributed by atoms with Gasteiger partial charge in [-0.1, -0.05) is 11.6 Å². The zero-order chi connectivity index (χ0) is 18.1. The molecule has 0 spiro atoms. The Morgan fingerprint density at radius 2 is 1.88 bits per heavy atom. The third kappa shape index (κ3) is 3.57. The molecule has 0 unspecified atom stereocenters. The number of rotatable bonds is 4. The maximum atomic E-state index is 12.7. The SMILES string of the molecule is CCn1cc(CN2CCN(C(=O)c3nn(C)c(C)c3Cl)CC2)c(C)n1. The summed E-state index contributed by atoms with van der Waals surface area (Å²) in [5, 5.41) is 9.22. The van der Waals surface area contributed by atoms with Crippen molar-refractivity contribution >= 4 is 17.5 Å². The second-order valence-electron chi connectivity index (χ2n) is 6.54. The lowest BCUT2D eigenvalue weighted by Gasteiger charge is -2.34. The monoisotopic (exact) mass is 364 g/mol. The van der Waals surface area contributed by atoms with Gasteiger partial charge in [-0.2, -0.15) is 10.2 Å². The minimum Gasteiger partial charge on any atom is -0.335 e. The highest BCUT2D eigenvalue weighted by atomic mass is 35.5. The lowest BCUT2D eigenvalue weighted by atomic mass is 10.2. The van der Waals surface area contributed by atoms with Crippen molar-refractivity contribution < 1.29 is 4.79 Å². The molecule has 0 bridgehead atoms. The molecule has 0 saturated carbocycles. The second kappa shape index (κ2) is 7.17. The Morgan fingerprint density at radius 3 is 2.40 bits per heavy atom. The number of carbonyl (C=O) groups is 1. The van der Waals surface area contributed by atoms with Crippen LogP contribution in [0, 0.1) is 13.8 Å². The molecule has 3 heterocycles. The quantitative estimate of drug-likeness (QED) is 0.831. The van der Waals surface area contributed by atoms with Crippen molar-refractivity contribution in [1.82, 2.24) is 29.4 Å². The molecule has 2 aromatic heterocycles. The molecule has 7 nitrogen and oxygen atoms in total. The fraction of sp³-hybridized carbons (Fsp3) is 0.588. The van der Waals surface area contributed by atoms with Gasteiger partial charge < -0.3 is 4.90 Å². The van der Waals surface area contributed by atoms with E-state index in [0.29, 0.717) is 23.8 Å². The molecule has 0 aromatic carbocycles. The summed E-state index contributed by atoms with van der Waals surface area (Å²) in [6.07, 6.45) is 2.11. The van der Waals surface area contributed by atoms with Crippen molar-refractivity contribution in [2.45, 2.75) is 33.9 Å². The predicted octanol–water partition coefficient (Wildman–Crippen LogP) is 1.86. The molecule has 2 aromatic rings. The number of hydrogen-bond acceptors (Lipinski definition) is 4. The van der Waals surface area contributed by atoms with E-state index in [1.54, 1.807) is 11.7 Å². The summed E-state index contributed by atoms with van der Waals surface area (Å²) in [5.41, 5.74) is 3.50. The van der Waals surface area contributed by atoms with Crippen LogP contribution in [0.4, 0.5) is 0 Å². The maximum absolute atomic E-state index is 12.7. The average molecular weight is 365 g/mol. The zero-order valence-corrected chi connectivity index (χ0v) is 16.0. The van der Waals surface area contributed by atoms with Gasteiger partial charge in [0.15, 0.2) is 5.69 Å². The molecule has 1 aliphatic heterocycles. The van der Waals surface area contributed by atoms with Crippen LogP contribution in [0.1, 0.15) is 34.4 Å². The van der Waals surface area contributed by atoms with Gasteiger partial charge in [-0.15, -0.1) is 0 Å². The normalized spacial score (nSPS) is 15.8. The van der Waals surface area contributed by atoms with Crippen LogP contribution in [-0.2, 0) is 20.1 Å². The Kier molecular flexibility index (Phi) is 5.15. The van der Waals surface area contributed by atoms with Gasteiger partial charge in [0.05, 0.1) is 16.4 Å². The Morgan fingerprint density at radius 1 is 1.20 bits per heavy atom. The first-order valence-corrected chi connectivity index (χ1v) is 9.02. The number of halogens is 1. The Hall–Kier alpha value is -1.86. The minimum absolute atomic E-state index is 0.0802. The van der Waals surface area contributed by atoms with Gasteiger partial charge in [-0.25, -0.2) is 0 Å². The highest BCUT2D eigenvalue weighted by Gasteiger charge is 2.27. The van der Waals surface area contributed by atoms with Crippen molar-refractivity contribution in [1.29, 1.82) is 0 Å². The van der Waals surface area contributed by atoms with Crippen molar-refractivity contribution in [3.05, 3.63) is 33.9 Å². The summed E-state index contributed by atoms with van der Waals surface area (Å²) in [4.78, 5) is 16.9. The van der Waals surface area contributed by atoms with Crippen molar-refractivity contribution in [2.24, 2.45) is 7.05 Å². The molecule has 8 heteroatoms. The molecule has 25 heavy (non-hydrogen) atoms. The Bertz CT molecular complexity index is 772. The molecule has 3 rings (SSSR count). The van der Waals surface area contributed by atoms with Crippen molar-refractivity contribution in [3.63, 3.8) is 0 Å². The van der Waals surface area contributed by atoms with Crippen LogP contribution < -0.4 is 0 Å².